The minimum atomic E-state index is 0.388. The zero-order valence-corrected chi connectivity index (χ0v) is 14.2. The molecule has 6 nitrogen and oxygen atoms in total. The van der Waals surface area contributed by atoms with Gasteiger partial charge in [-0.25, -0.2) is 0 Å². The number of nitrogens with one attached hydrogen (secondary N) is 2. The van der Waals surface area contributed by atoms with Crippen molar-refractivity contribution in [1.29, 1.82) is 0 Å². The Balaban J connectivity index is 1.60. The number of rotatable bonds is 4. The number of hydrogen-bond donors (Lipinski definition) is 2. The molecule has 1 unspecified atom stereocenters. The third kappa shape index (κ3) is 3.25. The molecule has 2 aliphatic rings. The lowest BCUT2D eigenvalue weighted by atomic mass is 10.1. The summed E-state index contributed by atoms with van der Waals surface area (Å²) in [5, 5.41) is 15.7. The van der Waals surface area contributed by atoms with E-state index >= 15 is 0 Å². The van der Waals surface area contributed by atoms with Gasteiger partial charge in [-0.1, -0.05) is 20.8 Å². The van der Waals surface area contributed by atoms with Crippen LogP contribution in [0.1, 0.15) is 57.6 Å². The van der Waals surface area contributed by atoms with Crippen LogP contribution in [0.15, 0.2) is 4.99 Å². The van der Waals surface area contributed by atoms with Crippen molar-refractivity contribution in [1.82, 2.24) is 25.4 Å². The highest BCUT2D eigenvalue weighted by Crippen LogP contribution is 2.43. The molecule has 1 aromatic heterocycles. The van der Waals surface area contributed by atoms with Gasteiger partial charge in [-0.2, -0.15) is 0 Å². The molecule has 1 atom stereocenters. The van der Waals surface area contributed by atoms with Crippen LogP contribution in [0.25, 0.3) is 0 Å². The molecule has 0 radical (unpaired) electrons. The van der Waals surface area contributed by atoms with Crippen molar-refractivity contribution < 1.29 is 0 Å². The molecule has 3 rings (SSSR count). The first-order valence-corrected chi connectivity index (χ1v) is 8.40. The van der Waals surface area contributed by atoms with Gasteiger partial charge in [0.1, 0.15) is 11.6 Å². The molecule has 0 spiro atoms. The predicted molar refractivity (Wildman–Crippen MR) is 88.1 cm³/mol. The van der Waals surface area contributed by atoms with Crippen molar-refractivity contribution in [2.24, 2.45) is 10.4 Å². The highest BCUT2D eigenvalue weighted by atomic mass is 15.3. The maximum absolute atomic E-state index is 4.37. The summed E-state index contributed by atoms with van der Waals surface area (Å²) >= 11 is 0. The van der Waals surface area contributed by atoms with Crippen LogP contribution in [0.5, 0.6) is 0 Å². The van der Waals surface area contributed by atoms with Gasteiger partial charge in [0, 0.05) is 38.5 Å². The van der Waals surface area contributed by atoms with Crippen molar-refractivity contribution in [3.05, 3.63) is 11.6 Å². The summed E-state index contributed by atoms with van der Waals surface area (Å²) in [5.74, 6) is 3.54. The van der Waals surface area contributed by atoms with E-state index in [1.807, 2.05) is 7.05 Å². The molecule has 122 valence electrons. The molecular formula is C16H28N6. The maximum Gasteiger partial charge on any atom is 0.191 e. The third-order valence-corrected chi connectivity index (χ3v) is 4.84. The molecule has 0 aromatic carbocycles. The third-order valence-electron chi connectivity index (χ3n) is 4.84. The molecule has 0 saturated heterocycles. The maximum atomic E-state index is 4.37. The largest absolute Gasteiger partial charge is 0.356 e. The van der Waals surface area contributed by atoms with Crippen LogP contribution in [0.2, 0.25) is 0 Å². The van der Waals surface area contributed by atoms with Gasteiger partial charge in [-0.3, -0.25) is 4.99 Å². The number of aliphatic imine (C=N–C) groups is 1. The fourth-order valence-corrected chi connectivity index (χ4v) is 2.97. The second kappa shape index (κ2) is 5.89. The Hall–Kier alpha value is -1.59. The first kappa shape index (κ1) is 15.3. The molecule has 1 aliphatic heterocycles. The Morgan fingerprint density at radius 1 is 1.41 bits per heavy atom. The molecular weight excluding hydrogens is 276 g/mol. The molecule has 1 saturated carbocycles. The second-order valence-corrected chi connectivity index (χ2v) is 7.36. The first-order chi connectivity index (χ1) is 10.5. The predicted octanol–water partition coefficient (Wildman–Crippen LogP) is 1.68. The second-order valence-electron chi connectivity index (χ2n) is 7.36. The van der Waals surface area contributed by atoms with Crippen LogP contribution in [-0.4, -0.2) is 40.4 Å². The van der Waals surface area contributed by atoms with E-state index in [2.05, 4.69) is 51.2 Å². The fourth-order valence-electron chi connectivity index (χ4n) is 2.97. The smallest absolute Gasteiger partial charge is 0.191 e. The number of nitrogens with zero attached hydrogens (tertiary/aromatic N) is 4. The Morgan fingerprint density at radius 3 is 2.82 bits per heavy atom. The van der Waals surface area contributed by atoms with E-state index in [4.69, 9.17) is 0 Å². The summed E-state index contributed by atoms with van der Waals surface area (Å²) in [4.78, 5) is 4.37. The average molecular weight is 304 g/mol. The molecule has 1 aliphatic carbocycles. The van der Waals surface area contributed by atoms with Crippen molar-refractivity contribution >= 4 is 5.96 Å². The van der Waals surface area contributed by atoms with Crippen LogP contribution in [0.4, 0.5) is 0 Å². The van der Waals surface area contributed by atoms with E-state index in [0.29, 0.717) is 17.4 Å². The number of aryl methyl sites for hydroxylation is 1. The van der Waals surface area contributed by atoms with E-state index in [1.165, 1.54) is 12.8 Å². The molecule has 2 heterocycles. The number of guanidine groups is 1. The number of hydrogen-bond acceptors (Lipinski definition) is 3. The zero-order valence-electron chi connectivity index (χ0n) is 14.2. The lowest BCUT2D eigenvalue weighted by Gasteiger charge is -2.27. The molecule has 0 amide bonds. The standard InChI is InChI=1S/C16H28N6/c1-11(2)14-21-20-13-6-5-12(9-22(13)14)19-15(17-4)18-10-16(3)7-8-16/h11-12H,5-10H2,1-4H3,(H2,17,18,19). The molecule has 1 fully saturated rings. The Labute approximate surface area is 132 Å². The summed E-state index contributed by atoms with van der Waals surface area (Å²) in [6.45, 7) is 8.60. The monoisotopic (exact) mass is 304 g/mol. The van der Waals surface area contributed by atoms with Gasteiger partial charge < -0.3 is 15.2 Å². The molecule has 1 aromatic rings. The van der Waals surface area contributed by atoms with E-state index in [9.17, 15) is 0 Å². The van der Waals surface area contributed by atoms with E-state index < -0.39 is 0 Å². The van der Waals surface area contributed by atoms with Crippen molar-refractivity contribution in [3.8, 4) is 0 Å². The summed E-state index contributed by atoms with van der Waals surface area (Å²) in [5.41, 5.74) is 0.483. The van der Waals surface area contributed by atoms with Gasteiger partial charge in [-0.05, 0) is 24.7 Å². The average Bonchev–Trinajstić information content (AvgIpc) is 3.08. The SMILES string of the molecule is CN=C(NCC1(C)CC1)NC1CCc2nnc(C(C)C)n2C1. The van der Waals surface area contributed by atoms with Gasteiger partial charge in [-0.15, -0.1) is 10.2 Å². The van der Waals surface area contributed by atoms with Crippen LogP contribution in [0.3, 0.4) is 0 Å². The number of aromatic nitrogens is 3. The van der Waals surface area contributed by atoms with Crippen LogP contribution < -0.4 is 10.6 Å². The van der Waals surface area contributed by atoms with Crippen molar-refractivity contribution in [3.63, 3.8) is 0 Å². The number of fused-ring (bicyclic) bond motifs is 1. The first-order valence-electron chi connectivity index (χ1n) is 8.40. The van der Waals surface area contributed by atoms with E-state index in [-0.39, 0.29) is 0 Å². The molecule has 2 N–H and O–H groups in total. The van der Waals surface area contributed by atoms with Gasteiger partial charge in [0.25, 0.3) is 0 Å². The van der Waals surface area contributed by atoms with Crippen LogP contribution in [0, 0.1) is 5.41 Å². The summed E-state index contributed by atoms with van der Waals surface area (Å²) in [6, 6.07) is 0.388. The minimum absolute atomic E-state index is 0.388. The normalized spacial score (nSPS) is 23.3. The Bertz CT molecular complexity index is 555. The summed E-state index contributed by atoms with van der Waals surface area (Å²) in [7, 11) is 1.84. The van der Waals surface area contributed by atoms with Gasteiger partial charge >= 0.3 is 0 Å². The van der Waals surface area contributed by atoms with Crippen LogP contribution in [-0.2, 0) is 13.0 Å². The van der Waals surface area contributed by atoms with Crippen LogP contribution >= 0.6 is 0 Å². The Morgan fingerprint density at radius 2 is 2.18 bits per heavy atom. The summed E-state index contributed by atoms with van der Waals surface area (Å²) < 4.78 is 2.28. The minimum Gasteiger partial charge on any atom is -0.356 e. The van der Waals surface area contributed by atoms with Crippen molar-refractivity contribution in [2.45, 2.75) is 65.0 Å². The quantitative estimate of drug-likeness (QED) is 0.656. The molecule has 0 bridgehead atoms. The summed E-state index contributed by atoms with van der Waals surface area (Å²) in [6.07, 6.45) is 4.70. The van der Waals surface area contributed by atoms with Crippen molar-refractivity contribution in [2.75, 3.05) is 13.6 Å². The van der Waals surface area contributed by atoms with E-state index in [1.54, 1.807) is 0 Å². The lowest BCUT2D eigenvalue weighted by molar-refractivity contribution is 0.406. The fraction of sp³-hybridized carbons (Fsp3) is 0.812. The van der Waals surface area contributed by atoms with Gasteiger partial charge in [0.05, 0.1) is 0 Å². The zero-order chi connectivity index (χ0) is 15.7. The van der Waals surface area contributed by atoms with Gasteiger partial charge in [0.2, 0.25) is 0 Å². The van der Waals surface area contributed by atoms with Gasteiger partial charge in [0.15, 0.2) is 5.96 Å². The highest BCUT2D eigenvalue weighted by Gasteiger charge is 2.37. The molecule has 22 heavy (non-hydrogen) atoms. The van der Waals surface area contributed by atoms with E-state index in [0.717, 1.165) is 43.5 Å². The molecule has 6 heteroatoms. The topological polar surface area (TPSA) is 67.1 Å². The highest BCUT2D eigenvalue weighted by molar-refractivity contribution is 5.80. The lowest BCUT2D eigenvalue weighted by Crippen LogP contribution is -2.48. The Kier molecular flexibility index (Phi) is 4.10.